The number of nitrogens with zero attached hydrogens (tertiary/aromatic N) is 2. The van der Waals surface area contributed by atoms with Gasteiger partial charge in [0.2, 0.25) is 0 Å². The summed E-state index contributed by atoms with van der Waals surface area (Å²) in [4.78, 5) is 2.31. The Balaban J connectivity index is 1.94. The van der Waals surface area contributed by atoms with E-state index in [9.17, 15) is 0 Å². The molecule has 1 fully saturated rings. The van der Waals surface area contributed by atoms with Crippen molar-refractivity contribution in [2.45, 2.75) is 18.8 Å². The van der Waals surface area contributed by atoms with Crippen LogP contribution in [0, 0.1) is 0 Å². The number of nitrogens with one attached hydrogen (secondary N) is 1. The van der Waals surface area contributed by atoms with E-state index in [1.54, 1.807) is 6.20 Å². The second-order valence-electron chi connectivity index (χ2n) is 3.88. The highest BCUT2D eigenvalue weighted by Crippen LogP contribution is 2.24. The van der Waals surface area contributed by atoms with Crippen LogP contribution in [0.4, 0.5) is 0 Å². The summed E-state index contributed by atoms with van der Waals surface area (Å²) >= 11 is 0. The van der Waals surface area contributed by atoms with Gasteiger partial charge in [-0.15, -0.1) is 0 Å². The minimum atomic E-state index is 0.260. The molecule has 0 spiro atoms. The highest BCUT2D eigenvalue weighted by molar-refractivity contribution is 5.07. The number of rotatable bonds is 3. The lowest BCUT2D eigenvalue weighted by Gasteiger charge is -2.31. The fourth-order valence-electron chi connectivity index (χ4n) is 2.15. The third-order valence-electron chi connectivity index (χ3n) is 2.88. The third kappa shape index (κ3) is 2.13. The van der Waals surface area contributed by atoms with Crippen LogP contribution in [0.3, 0.4) is 0 Å². The minimum absolute atomic E-state index is 0.260. The molecule has 0 saturated carbocycles. The molecular formula is C10H17N3O. The summed E-state index contributed by atoms with van der Waals surface area (Å²) in [7, 11) is 0. The van der Waals surface area contributed by atoms with Gasteiger partial charge in [0.05, 0.1) is 6.61 Å². The molecule has 78 valence electrons. The Morgan fingerprint density at radius 1 is 1.64 bits per heavy atom. The largest absolute Gasteiger partial charge is 0.395 e. The van der Waals surface area contributed by atoms with Crippen molar-refractivity contribution < 1.29 is 5.11 Å². The Hall–Kier alpha value is -0.870. The normalized spacial score (nSPS) is 23.9. The maximum atomic E-state index is 8.87. The van der Waals surface area contributed by atoms with Crippen molar-refractivity contribution >= 4 is 0 Å². The van der Waals surface area contributed by atoms with Gasteiger partial charge >= 0.3 is 0 Å². The van der Waals surface area contributed by atoms with E-state index >= 15 is 0 Å². The smallest absolute Gasteiger partial charge is 0.0558 e. The van der Waals surface area contributed by atoms with Crippen LogP contribution in [0.5, 0.6) is 0 Å². The number of likely N-dealkylation sites (tertiary alicyclic amines) is 1. The first-order valence-electron chi connectivity index (χ1n) is 5.22. The number of aliphatic hydroxyl groups is 1. The van der Waals surface area contributed by atoms with Gasteiger partial charge in [0.15, 0.2) is 0 Å². The number of piperidine rings is 1. The Bertz CT molecular complexity index is 258. The zero-order valence-corrected chi connectivity index (χ0v) is 8.32. The van der Waals surface area contributed by atoms with E-state index in [0.717, 1.165) is 19.6 Å². The van der Waals surface area contributed by atoms with Gasteiger partial charge in [-0.2, -0.15) is 5.10 Å². The minimum Gasteiger partial charge on any atom is -0.395 e. The van der Waals surface area contributed by atoms with Gasteiger partial charge < -0.3 is 10.0 Å². The van der Waals surface area contributed by atoms with Crippen molar-refractivity contribution in [3.8, 4) is 0 Å². The zero-order chi connectivity index (χ0) is 9.80. The van der Waals surface area contributed by atoms with E-state index in [1.807, 2.05) is 6.07 Å². The van der Waals surface area contributed by atoms with Crippen molar-refractivity contribution in [3.63, 3.8) is 0 Å². The van der Waals surface area contributed by atoms with Crippen molar-refractivity contribution in [2.24, 2.45) is 0 Å². The Morgan fingerprint density at radius 3 is 3.29 bits per heavy atom. The molecule has 0 amide bonds. The summed E-state index contributed by atoms with van der Waals surface area (Å²) in [6.45, 7) is 3.22. The molecule has 1 aromatic heterocycles. The Labute approximate surface area is 83.9 Å². The van der Waals surface area contributed by atoms with Crippen LogP contribution >= 0.6 is 0 Å². The number of β-amino-alcohol motifs (C(OH)–C–C–N with tert-alkyl or cyclic N) is 1. The number of hydrogen-bond donors (Lipinski definition) is 2. The maximum Gasteiger partial charge on any atom is 0.0558 e. The molecular weight excluding hydrogens is 178 g/mol. The van der Waals surface area contributed by atoms with Gasteiger partial charge in [0, 0.05) is 30.9 Å². The van der Waals surface area contributed by atoms with E-state index < -0.39 is 0 Å². The predicted octanol–water partition coefficient (Wildman–Crippen LogP) is 0.581. The van der Waals surface area contributed by atoms with E-state index in [4.69, 9.17) is 5.11 Å². The van der Waals surface area contributed by atoms with Gasteiger partial charge in [-0.25, -0.2) is 0 Å². The first-order chi connectivity index (χ1) is 6.90. The first-order valence-corrected chi connectivity index (χ1v) is 5.22. The summed E-state index contributed by atoms with van der Waals surface area (Å²) in [5, 5.41) is 15.9. The quantitative estimate of drug-likeness (QED) is 0.742. The number of aromatic nitrogens is 2. The molecule has 1 aliphatic rings. The highest BCUT2D eigenvalue weighted by atomic mass is 16.3. The second-order valence-corrected chi connectivity index (χ2v) is 3.88. The number of H-pyrrole nitrogens is 1. The molecule has 0 aromatic carbocycles. The first kappa shape index (κ1) is 9.68. The predicted molar refractivity (Wildman–Crippen MR) is 54.1 cm³/mol. The molecule has 1 aromatic rings. The summed E-state index contributed by atoms with van der Waals surface area (Å²) in [5.41, 5.74) is 1.23. The number of aliphatic hydroxyl groups excluding tert-OH is 1. The summed E-state index contributed by atoms with van der Waals surface area (Å²) < 4.78 is 0. The van der Waals surface area contributed by atoms with E-state index in [0.29, 0.717) is 5.92 Å². The maximum absolute atomic E-state index is 8.87. The van der Waals surface area contributed by atoms with Crippen molar-refractivity contribution in [1.29, 1.82) is 0 Å². The SMILES string of the molecule is OCCN1CCC[C@@H](c2ccn[nH]2)C1. The van der Waals surface area contributed by atoms with Gasteiger partial charge in [0.25, 0.3) is 0 Å². The fourth-order valence-corrected chi connectivity index (χ4v) is 2.15. The molecule has 0 radical (unpaired) electrons. The molecule has 0 unspecified atom stereocenters. The summed E-state index contributed by atoms with van der Waals surface area (Å²) in [6.07, 6.45) is 4.24. The second kappa shape index (κ2) is 4.57. The molecule has 4 heteroatoms. The molecule has 1 aliphatic heterocycles. The van der Waals surface area contributed by atoms with Crippen LogP contribution in [0.25, 0.3) is 0 Å². The Morgan fingerprint density at radius 2 is 2.57 bits per heavy atom. The molecule has 1 saturated heterocycles. The molecule has 2 rings (SSSR count). The Kier molecular flexibility index (Phi) is 3.16. The van der Waals surface area contributed by atoms with Crippen LogP contribution in [-0.4, -0.2) is 46.4 Å². The molecule has 2 heterocycles. The standard InChI is InChI=1S/C10H17N3O/c14-7-6-13-5-1-2-9(8-13)10-3-4-11-12-10/h3-4,9,14H,1-2,5-8H2,(H,11,12)/t9-/m1/s1. The average molecular weight is 195 g/mol. The topological polar surface area (TPSA) is 52.1 Å². The fraction of sp³-hybridized carbons (Fsp3) is 0.700. The molecule has 1 atom stereocenters. The molecule has 2 N–H and O–H groups in total. The van der Waals surface area contributed by atoms with Gasteiger partial charge in [-0.3, -0.25) is 5.10 Å². The number of hydrogen-bond acceptors (Lipinski definition) is 3. The third-order valence-corrected chi connectivity index (χ3v) is 2.88. The molecule has 14 heavy (non-hydrogen) atoms. The van der Waals surface area contributed by atoms with Gasteiger partial charge in [-0.1, -0.05) is 0 Å². The van der Waals surface area contributed by atoms with E-state index in [2.05, 4.69) is 15.1 Å². The van der Waals surface area contributed by atoms with Crippen LogP contribution in [0.15, 0.2) is 12.3 Å². The lowest BCUT2D eigenvalue weighted by molar-refractivity contribution is 0.160. The summed E-state index contributed by atoms with van der Waals surface area (Å²) in [6, 6.07) is 2.05. The number of aromatic amines is 1. The lowest BCUT2D eigenvalue weighted by atomic mass is 9.95. The van der Waals surface area contributed by atoms with Crippen LogP contribution in [0.2, 0.25) is 0 Å². The van der Waals surface area contributed by atoms with Gasteiger partial charge in [0.1, 0.15) is 0 Å². The average Bonchev–Trinajstić information content (AvgIpc) is 2.71. The van der Waals surface area contributed by atoms with Gasteiger partial charge in [-0.05, 0) is 25.5 Å². The lowest BCUT2D eigenvalue weighted by Crippen LogP contribution is -2.36. The molecule has 0 bridgehead atoms. The molecule has 0 aliphatic carbocycles. The van der Waals surface area contributed by atoms with Crippen LogP contribution < -0.4 is 0 Å². The van der Waals surface area contributed by atoms with Crippen molar-refractivity contribution in [2.75, 3.05) is 26.2 Å². The van der Waals surface area contributed by atoms with Crippen LogP contribution in [0.1, 0.15) is 24.5 Å². The van der Waals surface area contributed by atoms with Crippen molar-refractivity contribution in [1.82, 2.24) is 15.1 Å². The van der Waals surface area contributed by atoms with Crippen molar-refractivity contribution in [3.05, 3.63) is 18.0 Å². The van der Waals surface area contributed by atoms with E-state index in [-0.39, 0.29) is 6.61 Å². The zero-order valence-electron chi connectivity index (χ0n) is 8.32. The molecule has 4 nitrogen and oxygen atoms in total. The van der Waals surface area contributed by atoms with E-state index in [1.165, 1.54) is 18.5 Å². The summed E-state index contributed by atoms with van der Waals surface area (Å²) in [5.74, 6) is 0.567. The van der Waals surface area contributed by atoms with Crippen LogP contribution in [-0.2, 0) is 0 Å². The highest BCUT2D eigenvalue weighted by Gasteiger charge is 2.21. The monoisotopic (exact) mass is 195 g/mol.